The molecule has 2 rings (SSSR count). The van der Waals surface area contributed by atoms with E-state index in [-0.39, 0.29) is 0 Å². The van der Waals surface area contributed by atoms with Gasteiger partial charge in [0.05, 0.1) is 6.61 Å². The third-order valence-corrected chi connectivity index (χ3v) is 2.90. The van der Waals surface area contributed by atoms with Gasteiger partial charge < -0.3 is 10.1 Å². The third-order valence-electron chi connectivity index (χ3n) is 2.90. The second-order valence-corrected chi connectivity index (χ2v) is 4.66. The van der Waals surface area contributed by atoms with E-state index in [0.29, 0.717) is 0 Å². The van der Waals surface area contributed by atoms with Crippen molar-refractivity contribution in [3.05, 3.63) is 23.4 Å². The van der Waals surface area contributed by atoms with E-state index in [2.05, 4.69) is 36.3 Å². The van der Waals surface area contributed by atoms with Gasteiger partial charge in [-0.25, -0.2) is 4.98 Å². The number of rotatable bonds is 7. The lowest BCUT2D eigenvalue weighted by Crippen LogP contribution is -2.15. The molecule has 1 aromatic rings. The van der Waals surface area contributed by atoms with Crippen LogP contribution in [0.4, 0.5) is 0 Å². The average Bonchev–Trinajstić information content (AvgIpc) is 3.17. The smallest absolute Gasteiger partial charge is 0.213 e. The molecular formula is C14H22N2O. The van der Waals surface area contributed by atoms with Crippen LogP contribution in [0.5, 0.6) is 5.88 Å². The molecule has 0 aliphatic heterocycles. The van der Waals surface area contributed by atoms with Gasteiger partial charge in [0.2, 0.25) is 5.88 Å². The first kappa shape index (κ1) is 12.4. The summed E-state index contributed by atoms with van der Waals surface area (Å²) in [4.78, 5) is 4.48. The highest BCUT2D eigenvalue weighted by molar-refractivity contribution is 5.25. The lowest BCUT2D eigenvalue weighted by atomic mass is 10.2. The molecule has 0 amide bonds. The van der Waals surface area contributed by atoms with Crippen molar-refractivity contribution in [2.75, 3.05) is 6.61 Å². The first-order chi connectivity index (χ1) is 8.31. The van der Waals surface area contributed by atoms with Crippen LogP contribution in [0.15, 0.2) is 12.1 Å². The molecular weight excluding hydrogens is 212 g/mol. The quantitative estimate of drug-likeness (QED) is 0.787. The number of nitrogens with zero attached hydrogens (tertiary/aromatic N) is 1. The van der Waals surface area contributed by atoms with Crippen LogP contribution in [0.2, 0.25) is 0 Å². The van der Waals surface area contributed by atoms with Gasteiger partial charge in [-0.05, 0) is 37.3 Å². The van der Waals surface area contributed by atoms with Gasteiger partial charge in [-0.3, -0.25) is 0 Å². The molecule has 0 saturated heterocycles. The van der Waals surface area contributed by atoms with Crippen molar-refractivity contribution in [1.82, 2.24) is 10.3 Å². The molecule has 1 saturated carbocycles. The van der Waals surface area contributed by atoms with Crippen molar-refractivity contribution >= 4 is 0 Å². The summed E-state index contributed by atoms with van der Waals surface area (Å²) < 4.78 is 5.62. The molecule has 1 aliphatic rings. The summed E-state index contributed by atoms with van der Waals surface area (Å²) >= 11 is 0. The van der Waals surface area contributed by atoms with Gasteiger partial charge >= 0.3 is 0 Å². The van der Waals surface area contributed by atoms with E-state index in [1.165, 1.54) is 18.4 Å². The molecule has 1 aromatic heterocycles. The van der Waals surface area contributed by atoms with Gasteiger partial charge in [-0.2, -0.15) is 0 Å². The van der Waals surface area contributed by atoms with E-state index >= 15 is 0 Å². The fourth-order valence-electron chi connectivity index (χ4n) is 1.73. The van der Waals surface area contributed by atoms with Crippen molar-refractivity contribution < 1.29 is 4.74 Å². The molecule has 0 radical (unpaired) electrons. The lowest BCUT2D eigenvalue weighted by Gasteiger charge is -2.09. The van der Waals surface area contributed by atoms with Crippen LogP contribution < -0.4 is 10.1 Å². The monoisotopic (exact) mass is 234 g/mol. The first-order valence-corrected chi connectivity index (χ1v) is 6.67. The highest BCUT2D eigenvalue weighted by atomic mass is 16.5. The molecule has 1 heterocycles. The third kappa shape index (κ3) is 4.00. The summed E-state index contributed by atoms with van der Waals surface area (Å²) in [5.41, 5.74) is 2.40. The Morgan fingerprint density at radius 2 is 2.18 bits per heavy atom. The number of hydrogen-bond acceptors (Lipinski definition) is 3. The van der Waals surface area contributed by atoms with Gasteiger partial charge in [0.25, 0.3) is 0 Å². The molecule has 1 fully saturated rings. The maximum atomic E-state index is 5.62. The summed E-state index contributed by atoms with van der Waals surface area (Å²) in [5.74, 6) is 0.777. The van der Waals surface area contributed by atoms with E-state index in [1.807, 2.05) is 0 Å². The Hall–Kier alpha value is -1.09. The fourth-order valence-corrected chi connectivity index (χ4v) is 1.73. The van der Waals surface area contributed by atoms with Crippen LogP contribution in [0, 0.1) is 0 Å². The maximum Gasteiger partial charge on any atom is 0.213 e. The number of ether oxygens (including phenoxy) is 1. The Morgan fingerprint density at radius 3 is 2.82 bits per heavy atom. The highest BCUT2D eigenvalue weighted by Crippen LogP contribution is 2.20. The minimum atomic E-state index is 0.744. The van der Waals surface area contributed by atoms with Crippen molar-refractivity contribution in [3.8, 4) is 5.88 Å². The largest absolute Gasteiger partial charge is 0.478 e. The Kier molecular flexibility index (Phi) is 4.37. The number of aromatic nitrogens is 1. The van der Waals surface area contributed by atoms with Crippen LogP contribution in [-0.4, -0.2) is 17.6 Å². The van der Waals surface area contributed by atoms with Gasteiger partial charge in [0, 0.05) is 24.3 Å². The molecule has 0 spiro atoms. The van der Waals surface area contributed by atoms with Crippen molar-refractivity contribution in [3.63, 3.8) is 0 Å². The molecule has 1 aliphatic carbocycles. The Balaban J connectivity index is 2.00. The normalized spacial score (nSPS) is 14.9. The number of aryl methyl sites for hydroxylation is 1. The van der Waals surface area contributed by atoms with Gasteiger partial charge in [0.15, 0.2) is 0 Å². The molecule has 1 N–H and O–H groups in total. The van der Waals surface area contributed by atoms with Crippen molar-refractivity contribution in [2.24, 2.45) is 0 Å². The summed E-state index contributed by atoms with van der Waals surface area (Å²) in [6.45, 7) is 5.92. The zero-order chi connectivity index (χ0) is 12.1. The van der Waals surface area contributed by atoms with E-state index in [9.17, 15) is 0 Å². The van der Waals surface area contributed by atoms with Gasteiger partial charge in [-0.15, -0.1) is 0 Å². The summed E-state index contributed by atoms with van der Waals surface area (Å²) in [7, 11) is 0. The van der Waals surface area contributed by atoms with E-state index < -0.39 is 0 Å². The minimum absolute atomic E-state index is 0.744. The SMILES string of the molecule is CCCOc1cc(CNC2CC2)cc(CC)n1. The summed E-state index contributed by atoms with van der Waals surface area (Å²) in [6, 6.07) is 4.98. The number of pyridine rings is 1. The standard InChI is InChI=1S/C14H22N2O/c1-3-7-17-14-9-11(8-12(4-2)16-14)10-15-13-5-6-13/h8-9,13,15H,3-7,10H2,1-2H3. The zero-order valence-electron chi connectivity index (χ0n) is 10.8. The second-order valence-electron chi connectivity index (χ2n) is 4.66. The average molecular weight is 234 g/mol. The number of hydrogen-bond donors (Lipinski definition) is 1. The fraction of sp³-hybridized carbons (Fsp3) is 0.643. The number of nitrogens with one attached hydrogen (secondary N) is 1. The first-order valence-electron chi connectivity index (χ1n) is 6.67. The molecule has 0 bridgehead atoms. The Bertz CT molecular complexity index is 361. The molecule has 0 unspecified atom stereocenters. The molecule has 0 atom stereocenters. The predicted molar refractivity (Wildman–Crippen MR) is 69.3 cm³/mol. The summed E-state index contributed by atoms with van der Waals surface area (Å²) in [5, 5.41) is 3.52. The molecule has 3 nitrogen and oxygen atoms in total. The Labute approximate surface area is 104 Å². The van der Waals surface area contributed by atoms with Crippen LogP contribution in [0.25, 0.3) is 0 Å². The van der Waals surface area contributed by atoms with E-state index in [1.54, 1.807) is 0 Å². The topological polar surface area (TPSA) is 34.1 Å². The second kappa shape index (κ2) is 6.01. The van der Waals surface area contributed by atoms with Crippen LogP contribution in [0.1, 0.15) is 44.4 Å². The van der Waals surface area contributed by atoms with Crippen LogP contribution in [-0.2, 0) is 13.0 Å². The Morgan fingerprint density at radius 1 is 1.35 bits per heavy atom. The van der Waals surface area contributed by atoms with Crippen molar-refractivity contribution in [1.29, 1.82) is 0 Å². The van der Waals surface area contributed by atoms with Crippen LogP contribution in [0.3, 0.4) is 0 Å². The summed E-state index contributed by atoms with van der Waals surface area (Å²) in [6.07, 6.45) is 4.63. The van der Waals surface area contributed by atoms with Crippen LogP contribution >= 0.6 is 0 Å². The molecule has 17 heavy (non-hydrogen) atoms. The highest BCUT2D eigenvalue weighted by Gasteiger charge is 2.20. The van der Waals surface area contributed by atoms with E-state index in [4.69, 9.17) is 4.74 Å². The van der Waals surface area contributed by atoms with E-state index in [0.717, 1.165) is 43.6 Å². The van der Waals surface area contributed by atoms with Gasteiger partial charge in [0.1, 0.15) is 0 Å². The van der Waals surface area contributed by atoms with Gasteiger partial charge in [-0.1, -0.05) is 13.8 Å². The zero-order valence-corrected chi connectivity index (χ0v) is 10.8. The van der Waals surface area contributed by atoms with Crippen molar-refractivity contribution in [2.45, 2.75) is 52.1 Å². The lowest BCUT2D eigenvalue weighted by molar-refractivity contribution is 0.304. The molecule has 94 valence electrons. The molecule has 3 heteroatoms. The predicted octanol–water partition coefficient (Wildman–Crippen LogP) is 2.68. The minimum Gasteiger partial charge on any atom is -0.478 e. The molecule has 0 aromatic carbocycles. The maximum absolute atomic E-state index is 5.62.